The Morgan fingerprint density at radius 2 is 1.35 bits per heavy atom. The van der Waals surface area contributed by atoms with Crippen LogP contribution in [0.2, 0.25) is 0 Å². The number of ether oxygens (including phenoxy) is 2. The van der Waals surface area contributed by atoms with Crippen LogP contribution in [0.25, 0.3) is 0 Å². The minimum atomic E-state index is -4.25. The third-order valence-corrected chi connectivity index (χ3v) is 11.7. The van der Waals surface area contributed by atoms with Crippen molar-refractivity contribution >= 4 is 118 Å². The molecule has 0 amide bonds. The second-order valence-electron chi connectivity index (χ2n) is 5.65. The summed E-state index contributed by atoms with van der Waals surface area (Å²) in [4.78, 5) is 36.4. The Morgan fingerprint density at radius 3 is 1.84 bits per heavy atom. The zero-order valence-corrected chi connectivity index (χ0v) is 24.3. The normalized spacial score (nSPS) is 11.1. The molecule has 0 saturated heterocycles. The molecule has 31 heavy (non-hydrogen) atoms. The standard InChI is InChI=1S/C17H10I4O9S/c18-11-9(15(22)23)10(12(19)14(21)13(11)20)17(25)30-8-3-1-7(2-4-8)16(24)29-5-6-31(26,27)28/h1-4H,5-6H2,(H,22,23)(H,26,27,28). The van der Waals surface area contributed by atoms with Crippen molar-refractivity contribution in [3.63, 3.8) is 0 Å². The SMILES string of the molecule is O=C(OCCS(=O)(=O)O)c1ccc(OC(=O)c2c(I)c(I)c(I)c(I)c2C(=O)O)cc1. The van der Waals surface area contributed by atoms with Gasteiger partial charge >= 0.3 is 17.9 Å². The first-order valence-corrected chi connectivity index (χ1v) is 13.8. The van der Waals surface area contributed by atoms with Gasteiger partial charge in [-0.05, 0) is 115 Å². The van der Waals surface area contributed by atoms with Crippen LogP contribution in [0.4, 0.5) is 0 Å². The molecule has 0 aliphatic heterocycles. The average molecular weight is 898 g/mol. The third-order valence-electron chi connectivity index (χ3n) is 3.56. The molecule has 0 unspecified atom stereocenters. The van der Waals surface area contributed by atoms with Crippen molar-refractivity contribution in [3.8, 4) is 5.75 Å². The number of hydrogen-bond donors (Lipinski definition) is 2. The molecule has 0 bridgehead atoms. The molecule has 9 nitrogen and oxygen atoms in total. The smallest absolute Gasteiger partial charge is 0.345 e. The van der Waals surface area contributed by atoms with Crippen LogP contribution in [-0.2, 0) is 14.9 Å². The maximum Gasteiger partial charge on any atom is 0.345 e. The fraction of sp³-hybridized carbons (Fsp3) is 0.118. The van der Waals surface area contributed by atoms with Crippen molar-refractivity contribution in [3.05, 3.63) is 55.2 Å². The number of carboxylic acid groups (broad SMARTS) is 1. The molecule has 2 aromatic carbocycles. The van der Waals surface area contributed by atoms with Gasteiger partial charge in [0.15, 0.2) is 0 Å². The molecular weight excluding hydrogens is 888 g/mol. The third kappa shape index (κ3) is 7.08. The summed E-state index contributed by atoms with van der Waals surface area (Å²) in [7, 11) is -4.25. The van der Waals surface area contributed by atoms with Crippen LogP contribution >= 0.6 is 90.4 Å². The first-order valence-electron chi connectivity index (χ1n) is 7.87. The minimum Gasteiger partial charge on any atom is -0.478 e. The fourth-order valence-corrected chi connectivity index (χ4v) is 6.10. The summed E-state index contributed by atoms with van der Waals surface area (Å²) in [6.45, 7) is -0.519. The molecule has 2 rings (SSSR count). The maximum absolute atomic E-state index is 12.8. The minimum absolute atomic E-state index is 0.0642. The van der Waals surface area contributed by atoms with Crippen LogP contribution in [0.15, 0.2) is 24.3 Å². The van der Waals surface area contributed by atoms with Crippen LogP contribution in [0.3, 0.4) is 0 Å². The number of halogens is 4. The summed E-state index contributed by atoms with van der Waals surface area (Å²) < 4.78 is 42.3. The summed E-state index contributed by atoms with van der Waals surface area (Å²) in [6, 6.07) is 5.21. The Hall–Kier alpha value is -0.320. The molecule has 0 aliphatic rings. The second kappa shape index (κ2) is 11.2. The highest BCUT2D eigenvalue weighted by atomic mass is 127. The number of carbonyl (C=O) groups excluding carboxylic acids is 2. The molecule has 0 spiro atoms. The molecule has 0 atom stereocenters. The number of carboxylic acids is 1. The lowest BCUT2D eigenvalue weighted by atomic mass is 10.1. The van der Waals surface area contributed by atoms with Crippen molar-refractivity contribution in [2.75, 3.05) is 12.4 Å². The summed E-state index contributed by atoms with van der Waals surface area (Å²) in [5, 5.41) is 9.59. The van der Waals surface area contributed by atoms with Crippen molar-refractivity contribution in [1.29, 1.82) is 0 Å². The van der Waals surface area contributed by atoms with Crippen molar-refractivity contribution in [2.45, 2.75) is 0 Å². The van der Waals surface area contributed by atoms with E-state index in [1.807, 2.05) is 90.4 Å². The van der Waals surface area contributed by atoms with Crippen LogP contribution in [0.1, 0.15) is 31.1 Å². The number of benzene rings is 2. The molecule has 2 aromatic rings. The average Bonchev–Trinajstić information content (AvgIpc) is 2.68. The quantitative estimate of drug-likeness (QED) is 0.105. The molecule has 0 heterocycles. The van der Waals surface area contributed by atoms with Crippen LogP contribution < -0.4 is 4.74 Å². The highest BCUT2D eigenvalue weighted by Crippen LogP contribution is 2.33. The van der Waals surface area contributed by atoms with Crippen molar-refractivity contribution < 1.29 is 41.9 Å². The molecule has 0 aliphatic carbocycles. The van der Waals surface area contributed by atoms with Gasteiger partial charge in [0, 0.05) is 14.3 Å². The van der Waals surface area contributed by atoms with E-state index < -0.39 is 40.4 Å². The molecular formula is C17H10I4O9S. The van der Waals surface area contributed by atoms with Gasteiger partial charge < -0.3 is 14.6 Å². The van der Waals surface area contributed by atoms with Gasteiger partial charge in [-0.15, -0.1) is 0 Å². The molecule has 0 fully saturated rings. The van der Waals surface area contributed by atoms with Gasteiger partial charge in [0.2, 0.25) is 0 Å². The monoisotopic (exact) mass is 898 g/mol. The van der Waals surface area contributed by atoms with Gasteiger partial charge in [0.1, 0.15) is 18.1 Å². The van der Waals surface area contributed by atoms with E-state index in [4.69, 9.17) is 14.0 Å². The predicted octanol–water partition coefficient (Wildman–Crippen LogP) is 4.07. The summed E-state index contributed by atoms with van der Waals surface area (Å²) in [6.07, 6.45) is 0. The lowest BCUT2D eigenvalue weighted by Crippen LogP contribution is -2.19. The van der Waals surface area contributed by atoms with Gasteiger partial charge in [-0.1, -0.05) is 0 Å². The fourth-order valence-electron chi connectivity index (χ4n) is 2.16. The Balaban J connectivity index is 2.22. The van der Waals surface area contributed by atoms with E-state index in [1.54, 1.807) is 0 Å². The maximum atomic E-state index is 12.8. The second-order valence-corrected chi connectivity index (χ2v) is 11.5. The van der Waals surface area contributed by atoms with E-state index in [9.17, 15) is 27.9 Å². The first-order chi connectivity index (χ1) is 14.3. The Bertz CT molecular complexity index is 1160. The summed E-state index contributed by atoms with van der Waals surface area (Å²) in [5.74, 6) is -3.61. The lowest BCUT2D eigenvalue weighted by molar-refractivity contribution is 0.0527. The van der Waals surface area contributed by atoms with E-state index in [0.29, 0.717) is 10.7 Å². The Kier molecular flexibility index (Phi) is 9.73. The van der Waals surface area contributed by atoms with Gasteiger partial charge in [0.05, 0.1) is 16.7 Å². The Labute approximate surface area is 230 Å². The van der Waals surface area contributed by atoms with Gasteiger partial charge in [-0.25, -0.2) is 14.4 Å². The van der Waals surface area contributed by atoms with E-state index in [-0.39, 0.29) is 22.4 Å². The van der Waals surface area contributed by atoms with E-state index in [1.165, 1.54) is 24.3 Å². The lowest BCUT2D eigenvalue weighted by Gasteiger charge is -2.14. The molecule has 0 saturated carbocycles. The van der Waals surface area contributed by atoms with Crippen LogP contribution in [-0.4, -0.2) is 48.3 Å². The molecule has 2 N–H and O–H groups in total. The number of hydrogen-bond acceptors (Lipinski definition) is 7. The largest absolute Gasteiger partial charge is 0.478 e. The number of esters is 2. The van der Waals surface area contributed by atoms with E-state index in [2.05, 4.69) is 0 Å². The first kappa shape index (κ1) is 26.9. The van der Waals surface area contributed by atoms with E-state index in [0.717, 1.165) is 3.57 Å². The zero-order valence-electron chi connectivity index (χ0n) is 14.9. The summed E-state index contributed by atoms with van der Waals surface area (Å²) in [5.41, 5.74) is -0.163. The van der Waals surface area contributed by atoms with E-state index >= 15 is 0 Å². The highest BCUT2D eigenvalue weighted by Gasteiger charge is 2.29. The topological polar surface area (TPSA) is 144 Å². The van der Waals surface area contributed by atoms with Crippen LogP contribution in [0, 0.1) is 14.3 Å². The molecule has 0 aromatic heterocycles. The molecule has 14 heteroatoms. The summed E-state index contributed by atoms with van der Waals surface area (Å²) >= 11 is 7.81. The number of rotatable bonds is 7. The van der Waals surface area contributed by atoms with Crippen LogP contribution in [0.5, 0.6) is 5.75 Å². The van der Waals surface area contributed by atoms with Gasteiger partial charge in [0.25, 0.3) is 10.1 Å². The predicted molar refractivity (Wildman–Crippen MR) is 142 cm³/mol. The Morgan fingerprint density at radius 1 is 0.839 bits per heavy atom. The molecule has 0 radical (unpaired) electrons. The van der Waals surface area contributed by atoms with Gasteiger partial charge in [-0.2, -0.15) is 8.42 Å². The molecule has 166 valence electrons. The zero-order chi connectivity index (χ0) is 23.5. The van der Waals surface area contributed by atoms with Gasteiger partial charge in [-0.3, -0.25) is 4.55 Å². The van der Waals surface area contributed by atoms with Crippen molar-refractivity contribution in [2.24, 2.45) is 0 Å². The highest BCUT2D eigenvalue weighted by molar-refractivity contribution is 14.1. The van der Waals surface area contributed by atoms with Crippen molar-refractivity contribution in [1.82, 2.24) is 0 Å². The number of carbonyl (C=O) groups is 3. The number of aromatic carboxylic acids is 1.